The molecular weight excluding hydrogens is 357 g/mol. The zero-order valence-electron chi connectivity index (χ0n) is 12.1. The Labute approximate surface area is 131 Å². The van der Waals surface area contributed by atoms with Crippen molar-refractivity contribution in [3.05, 3.63) is 11.7 Å². The van der Waals surface area contributed by atoms with Crippen molar-refractivity contribution in [2.45, 2.75) is 40.2 Å². The molecule has 0 aliphatic heterocycles. The van der Waals surface area contributed by atoms with Gasteiger partial charge in [0.1, 0.15) is 0 Å². The second-order valence-electron chi connectivity index (χ2n) is 4.22. The summed E-state index contributed by atoms with van der Waals surface area (Å²) >= 11 is 0. The number of guanidine groups is 1. The predicted molar refractivity (Wildman–Crippen MR) is 86.7 cm³/mol. The van der Waals surface area contributed by atoms with E-state index in [-0.39, 0.29) is 24.0 Å². The second-order valence-corrected chi connectivity index (χ2v) is 4.22. The van der Waals surface area contributed by atoms with Gasteiger partial charge in [-0.05, 0) is 12.8 Å². The van der Waals surface area contributed by atoms with Crippen molar-refractivity contribution in [3.63, 3.8) is 0 Å². The molecule has 19 heavy (non-hydrogen) atoms. The van der Waals surface area contributed by atoms with Crippen molar-refractivity contribution in [2.75, 3.05) is 13.6 Å². The molecule has 7 heteroatoms. The monoisotopic (exact) mass is 381 g/mol. The molecule has 0 spiro atoms. The van der Waals surface area contributed by atoms with Crippen LogP contribution in [0.2, 0.25) is 0 Å². The van der Waals surface area contributed by atoms with Gasteiger partial charge in [0.25, 0.3) is 0 Å². The standard InChI is InChI=1S/C12H23N5O.HI/c1-5-10(6-2)7-14-12(13-4)15-8-11-16-9(3)17-18-11;/h10H,5-8H2,1-4H3,(H2,13,14,15);1H. The van der Waals surface area contributed by atoms with E-state index >= 15 is 0 Å². The lowest BCUT2D eigenvalue weighted by Crippen LogP contribution is -2.39. The molecule has 110 valence electrons. The minimum atomic E-state index is 0. The van der Waals surface area contributed by atoms with Crippen LogP contribution in [0.4, 0.5) is 0 Å². The molecule has 0 aliphatic rings. The summed E-state index contributed by atoms with van der Waals surface area (Å²) in [7, 11) is 1.75. The van der Waals surface area contributed by atoms with E-state index in [1.54, 1.807) is 14.0 Å². The number of rotatable bonds is 6. The van der Waals surface area contributed by atoms with Gasteiger partial charge in [-0.25, -0.2) is 0 Å². The zero-order chi connectivity index (χ0) is 13.4. The third-order valence-electron chi connectivity index (χ3n) is 2.91. The van der Waals surface area contributed by atoms with E-state index < -0.39 is 0 Å². The second kappa shape index (κ2) is 9.99. The lowest BCUT2D eigenvalue weighted by atomic mass is 10.0. The molecule has 0 atom stereocenters. The van der Waals surface area contributed by atoms with Crippen LogP contribution in [0, 0.1) is 12.8 Å². The van der Waals surface area contributed by atoms with Gasteiger partial charge in [0.2, 0.25) is 5.89 Å². The SMILES string of the molecule is CCC(CC)CNC(=NC)NCc1nc(C)no1.I. The summed E-state index contributed by atoms with van der Waals surface area (Å²) in [5, 5.41) is 10.2. The number of halogens is 1. The van der Waals surface area contributed by atoms with Gasteiger partial charge in [-0.3, -0.25) is 4.99 Å². The van der Waals surface area contributed by atoms with Crippen LogP contribution in [0.15, 0.2) is 9.52 Å². The maximum absolute atomic E-state index is 5.02. The maximum Gasteiger partial charge on any atom is 0.246 e. The van der Waals surface area contributed by atoms with Gasteiger partial charge in [-0.2, -0.15) is 4.98 Å². The maximum atomic E-state index is 5.02. The van der Waals surface area contributed by atoms with E-state index in [4.69, 9.17) is 4.52 Å². The Bertz CT molecular complexity index is 376. The van der Waals surface area contributed by atoms with E-state index in [0.29, 0.717) is 24.2 Å². The first-order valence-corrected chi connectivity index (χ1v) is 6.43. The largest absolute Gasteiger partial charge is 0.356 e. The normalized spacial score (nSPS) is 11.3. The smallest absolute Gasteiger partial charge is 0.246 e. The first-order chi connectivity index (χ1) is 8.69. The van der Waals surface area contributed by atoms with Gasteiger partial charge < -0.3 is 15.2 Å². The first kappa shape index (κ1) is 18.1. The Morgan fingerprint density at radius 3 is 2.47 bits per heavy atom. The Morgan fingerprint density at radius 1 is 1.32 bits per heavy atom. The topological polar surface area (TPSA) is 75.3 Å². The summed E-state index contributed by atoms with van der Waals surface area (Å²) < 4.78 is 5.02. The number of aryl methyl sites for hydroxylation is 1. The van der Waals surface area contributed by atoms with Crippen LogP contribution < -0.4 is 10.6 Å². The number of aromatic nitrogens is 2. The third kappa shape index (κ3) is 6.74. The highest BCUT2D eigenvalue weighted by Gasteiger charge is 2.06. The van der Waals surface area contributed by atoms with Crippen LogP contribution in [0.25, 0.3) is 0 Å². The van der Waals surface area contributed by atoms with Crippen molar-refractivity contribution >= 4 is 29.9 Å². The summed E-state index contributed by atoms with van der Waals surface area (Å²) in [5.41, 5.74) is 0. The molecule has 1 aromatic rings. The Kier molecular flexibility index (Phi) is 9.54. The van der Waals surface area contributed by atoms with E-state index in [9.17, 15) is 0 Å². The zero-order valence-corrected chi connectivity index (χ0v) is 14.4. The van der Waals surface area contributed by atoms with Crippen molar-refractivity contribution < 1.29 is 4.52 Å². The molecule has 0 aromatic carbocycles. The average molecular weight is 381 g/mol. The molecular formula is C12H24IN5O. The van der Waals surface area contributed by atoms with Crippen molar-refractivity contribution in [1.29, 1.82) is 0 Å². The van der Waals surface area contributed by atoms with Crippen LogP contribution >= 0.6 is 24.0 Å². The highest BCUT2D eigenvalue weighted by Crippen LogP contribution is 2.04. The highest BCUT2D eigenvalue weighted by atomic mass is 127. The van der Waals surface area contributed by atoms with Crippen LogP contribution in [0.1, 0.15) is 38.4 Å². The van der Waals surface area contributed by atoms with Crippen LogP contribution in [0.3, 0.4) is 0 Å². The van der Waals surface area contributed by atoms with E-state index in [2.05, 4.69) is 39.6 Å². The molecule has 0 fully saturated rings. The molecule has 0 saturated heterocycles. The van der Waals surface area contributed by atoms with Crippen molar-refractivity contribution in [1.82, 2.24) is 20.8 Å². The Balaban J connectivity index is 0.00000324. The number of aliphatic imine (C=N–C) groups is 1. The van der Waals surface area contributed by atoms with E-state index in [0.717, 1.165) is 12.5 Å². The third-order valence-corrected chi connectivity index (χ3v) is 2.91. The van der Waals surface area contributed by atoms with Gasteiger partial charge in [-0.1, -0.05) is 31.8 Å². The van der Waals surface area contributed by atoms with Gasteiger partial charge >= 0.3 is 0 Å². The minimum Gasteiger partial charge on any atom is -0.356 e. The fourth-order valence-corrected chi connectivity index (χ4v) is 1.61. The predicted octanol–water partition coefficient (Wildman–Crippen LogP) is 2.10. The summed E-state index contributed by atoms with van der Waals surface area (Å²) in [6, 6.07) is 0. The molecule has 6 nitrogen and oxygen atoms in total. The van der Waals surface area contributed by atoms with Crippen LogP contribution in [0.5, 0.6) is 0 Å². The van der Waals surface area contributed by atoms with Gasteiger partial charge in [0.05, 0.1) is 6.54 Å². The lowest BCUT2D eigenvalue weighted by Gasteiger charge is -2.15. The molecule has 0 aliphatic carbocycles. The Hall–Kier alpha value is -0.860. The molecule has 0 amide bonds. The fraction of sp³-hybridized carbons (Fsp3) is 0.750. The molecule has 0 bridgehead atoms. The molecule has 0 unspecified atom stereocenters. The summed E-state index contributed by atoms with van der Waals surface area (Å²) in [4.78, 5) is 8.28. The van der Waals surface area contributed by atoms with Crippen molar-refractivity contribution in [3.8, 4) is 0 Å². The Morgan fingerprint density at radius 2 is 2.00 bits per heavy atom. The summed E-state index contributed by atoms with van der Waals surface area (Å²) in [6.45, 7) is 7.62. The number of hydrogen-bond acceptors (Lipinski definition) is 4. The van der Waals surface area contributed by atoms with E-state index in [1.165, 1.54) is 12.8 Å². The molecule has 1 rings (SSSR count). The number of hydrogen-bond donors (Lipinski definition) is 2. The summed E-state index contributed by atoms with van der Waals surface area (Å²) in [5.74, 6) is 2.65. The molecule has 1 aromatic heterocycles. The van der Waals surface area contributed by atoms with Crippen LogP contribution in [-0.4, -0.2) is 29.7 Å². The quantitative estimate of drug-likeness (QED) is 0.449. The number of nitrogens with one attached hydrogen (secondary N) is 2. The van der Waals surface area contributed by atoms with Crippen LogP contribution in [-0.2, 0) is 6.54 Å². The molecule has 0 radical (unpaired) electrons. The molecule has 1 heterocycles. The average Bonchev–Trinajstić information content (AvgIpc) is 2.80. The minimum absolute atomic E-state index is 0. The lowest BCUT2D eigenvalue weighted by molar-refractivity contribution is 0.371. The van der Waals surface area contributed by atoms with E-state index in [1.807, 2.05) is 0 Å². The fourth-order valence-electron chi connectivity index (χ4n) is 1.61. The van der Waals surface area contributed by atoms with Gasteiger partial charge in [0, 0.05) is 13.6 Å². The van der Waals surface area contributed by atoms with Gasteiger partial charge in [0.15, 0.2) is 11.8 Å². The van der Waals surface area contributed by atoms with Gasteiger partial charge in [-0.15, -0.1) is 24.0 Å². The molecule has 0 saturated carbocycles. The van der Waals surface area contributed by atoms with Crippen molar-refractivity contribution in [2.24, 2.45) is 10.9 Å². The summed E-state index contributed by atoms with van der Waals surface area (Å²) in [6.07, 6.45) is 2.34. The molecule has 2 N–H and O–H groups in total. The number of nitrogens with zero attached hydrogens (tertiary/aromatic N) is 3. The first-order valence-electron chi connectivity index (χ1n) is 6.43. The highest BCUT2D eigenvalue weighted by molar-refractivity contribution is 14.0.